The minimum absolute atomic E-state index is 0.0345. The van der Waals surface area contributed by atoms with Crippen LogP contribution in [0.15, 0.2) is 39.5 Å². The summed E-state index contributed by atoms with van der Waals surface area (Å²) in [6.45, 7) is -0.0345. The molecule has 2 N–H and O–H groups in total. The fourth-order valence-electron chi connectivity index (χ4n) is 1.58. The van der Waals surface area contributed by atoms with Gasteiger partial charge in [-0.1, -0.05) is 18.2 Å². The smallest absolute Gasteiger partial charge is 0.252 e. The lowest BCUT2D eigenvalue weighted by Crippen LogP contribution is -2.28. The van der Waals surface area contributed by atoms with Crippen molar-refractivity contribution in [2.45, 2.75) is 6.10 Å². The Morgan fingerprint density at radius 3 is 2.84 bits per heavy atom. The summed E-state index contributed by atoms with van der Waals surface area (Å²) in [5.41, 5.74) is 0.687. The van der Waals surface area contributed by atoms with Crippen LogP contribution in [0.5, 0.6) is 0 Å². The Morgan fingerprint density at radius 1 is 1.47 bits per heavy atom. The van der Waals surface area contributed by atoms with Crippen LogP contribution >= 0.6 is 27.3 Å². The average Bonchev–Trinajstić information content (AvgIpc) is 2.83. The molecule has 2 rings (SSSR count). The number of aliphatic hydroxyl groups excluding tert-OH is 1. The zero-order valence-electron chi connectivity index (χ0n) is 9.77. The SMILES string of the molecule is O=C(NCC(O)c1ccccc1F)c1csc(Br)c1. The summed E-state index contributed by atoms with van der Waals surface area (Å²) < 4.78 is 14.3. The predicted molar refractivity (Wildman–Crippen MR) is 75.7 cm³/mol. The molecule has 19 heavy (non-hydrogen) atoms. The molecule has 1 heterocycles. The number of carbonyl (C=O) groups is 1. The van der Waals surface area contributed by atoms with Gasteiger partial charge in [0.2, 0.25) is 0 Å². The van der Waals surface area contributed by atoms with Crippen molar-refractivity contribution in [2.75, 3.05) is 6.54 Å². The molecule has 3 nitrogen and oxygen atoms in total. The van der Waals surface area contributed by atoms with E-state index in [4.69, 9.17) is 0 Å². The van der Waals surface area contributed by atoms with Gasteiger partial charge in [0.1, 0.15) is 5.82 Å². The van der Waals surface area contributed by atoms with Crippen LogP contribution in [0.3, 0.4) is 0 Å². The van der Waals surface area contributed by atoms with E-state index in [0.29, 0.717) is 5.56 Å². The Labute approximate surface area is 122 Å². The van der Waals surface area contributed by atoms with E-state index in [2.05, 4.69) is 21.2 Å². The molecular formula is C13H11BrFNO2S. The normalized spacial score (nSPS) is 12.2. The van der Waals surface area contributed by atoms with E-state index in [1.807, 2.05) is 0 Å². The van der Waals surface area contributed by atoms with Gasteiger partial charge in [-0.15, -0.1) is 11.3 Å². The molecule has 1 unspecified atom stereocenters. The molecule has 1 amide bonds. The third-order valence-corrected chi connectivity index (χ3v) is 4.05. The van der Waals surface area contributed by atoms with Crippen molar-refractivity contribution in [3.63, 3.8) is 0 Å². The van der Waals surface area contributed by atoms with E-state index in [9.17, 15) is 14.3 Å². The minimum Gasteiger partial charge on any atom is -0.386 e. The summed E-state index contributed by atoms with van der Waals surface area (Å²) in [6, 6.07) is 7.64. The summed E-state index contributed by atoms with van der Waals surface area (Å²) in [7, 11) is 0. The van der Waals surface area contributed by atoms with Crippen molar-refractivity contribution in [1.29, 1.82) is 0 Å². The van der Waals surface area contributed by atoms with E-state index in [1.165, 1.54) is 23.5 Å². The van der Waals surface area contributed by atoms with E-state index in [0.717, 1.165) is 3.79 Å². The lowest BCUT2D eigenvalue weighted by atomic mass is 10.1. The maximum absolute atomic E-state index is 13.4. The Bertz CT molecular complexity index is 588. The first-order chi connectivity index (χ1) is 9.08. The number of aliphatic hydroxyl groups is 1. The van der Waals surface area contributed by atoms with Crippen molar-refractivity contribution in [3.8, 4) is 0 Å². The average molecular weight is 344 g/mol. The Hall–Kier alpha value is -1.24. The van der Waals surface area contributed by atoms with Gasteiger partial charge in [0.15, 0.2) is 0 Å². The minimum atomic E-state index is -1.06. The van der Waals surface area contributed by atoms with Gasteiger partial charge in [-0.2, -0.15) is 0 Å². The van der Waals surface area contributed by atoms with Crippen LogP contribution in [0.1, 0.15) is 22.0 Å². The molecule has 0 aliphatic rings. The Morgan fingerprint density at radius 2 is 2.21 bits per heavy atom. The van der Waals surface area contributed by atoms with Crippen molar-refractivity contribution < 1.29 is 14.3 Å². The van der Waals surface area contributed by atoms with Crippen LogP contribution in [0.25, 0.3) is 0 Å². The van der Waals surface area contributed by atoms with Crippen LogP contribution in [-0.4, -0.2) is 17.6 Å². The summed E-state index contributed by atoms with van der Waals surface area (Å²) in [4.78, 5) is 11.7. The van der Waals surface area contributed by atoms with Crippen LogP contribution in [0, 0.1) is 5.82 Å². The molecule has 0 saturated carbocycles. The van der Waals surface area contributed by atoms with Gasteiger partial charge in [-0.3, -0.25) is 4.79 Å². The number of halogens is 2. The fraction of sp³-hybridized carbons (Fsp3) is 0.154. The summed E-state index contributed by atoms with van der Waals surface area (Å²) in [6.07, 6.45) is -1.06. The number of hydrogen-bond donors (Lipinski definition) is 2. The quantitative estimate of drug-likeness (QED) is 0.895. The third-order valence-electron chi connectivity index (χ3n) is 2.55. The highest BCUT2D eigenvalue weighted by Crippen LogP contribution is 2.21. The van der Waals surface area contributed by atoms with E-state index >= 15 is 0 Å². The lowest BCUT2D eigenvalue weighted by Gasteiger charge is -2.12. The first kappa shape index (κ1) is 14.2. The molecule has 0 aliphatic heterocycles. The van der Waals surface area contributed by atoms with Crippen molar-refractivity contribution in [2.24, 2.45) is 0 Å². The number of hydrogen-bond acceptors (Lipinski definition) is 3. The molecule has 1 aromatic carbocycles. The highest BCUT2D eigenvalue weighted by Gasteiger charge is 2.14. The van der Waals surface area contributed by atoms with Crippen LogP contribution in [0.4, 0.5) is 4.39 Å². The zero-order valence-corrected chi connectivity index (χ0v) is 12.2. The molecule has 0 bridgehead atoms. The fourth-order valence-corrected chi connectivity index (χ4v) is 2.71. The molecule has 6 heteroatoms. The standard InChI is InChI=1S/C13H11BrFNO2S/c14-12-5-8(7-19-12)13(18)16-6-11(17)9-3-1-2-4-10(9)15/h1-5,7,11,17H,6H2,(H,16,18). The third kappa shape index (κ3) is 3.62. The second-order valence-corrected chi connectivity index (χ2v) is 6.18. The summed E-state index contributed by atoms with van der Waals surface area (Å²) in [5.74, 6) is -0.778. The second kappa shape index (κ2) is 6.27. The predicted octanol–water partition coefficient (Wildman–Crippen LogP) is 3.11. The molecule has 1 atom stereocenters. The molecule has 0 aliphatic carbocycles. The molecule has 1 aromatic heterocycles. The molecule has 0 spiro atoms. The number of benzene rings is 1. The van der Waals surface area contributed by atoms with Gasteiger partial charge < -0.3 is 10.4 Å². The number of rotatable bonds is 4. The first-order valence-electron chi connectivity index (χ1n) is 5.52. The largest absolute Gasteiger partial charge is 0.386 e. The summed E-state index contributed by atoms with van der Waals surface area (Å²) >= 11 is 4.67. The molecular weight excluding hydrogens is 333 g/mol. The van der Waals surface area contributed by atoms with E-state index < -0.39 is 11.9 Å². The lowest BCUT2D eigenvalue weighted by molar-refractivity contribution is 0.0914. The van der Waals surface area contributed by atoms with E-state index in [1.54, 1.807) is 23.6 Å². The zero-order chi connectivity index (χ0) is 13.8. The van der Waals surface area contributed by atoms with Gasteiger partial charge in [0.05, 0.1) is 15.5 Å². The second-order valence-electron chi connectivity index (χ2n) is 3.89. The van der Waals surface area contributed by atoms with Crippen LogP contribution < -0.4 is 5.32 Å². The topological polar surface area (TPSA) is 49.3 Å². The van der Waals surface area contributed by atoms with Crippen molar-refractivity contribution in [3.05, 3.63) is 56.4 Å². The van der Waals surface area contributed by atoms with Gasteiger partial charge in [0.25, 0.3) is 5.91 Å². The first-order valence-corrected chi connectivity index (χ1v) is 7.20. The molecule has 0 radical (unpaired) electrons. The van der Waals surface area contributed by atoms with Gasteiger partial charge >= 0.3 is 0 Å². The van der Waals surface area contributed by atoms with E-state index in [-0.39, 0.29) is 18.0 Å². The monoisotopic (exact) mass is 343 g/mol. The molecule has 0 fully saturated rings. The number of carbonyl (C=O) groups excluding carboxylic acids is 1. The van der Waals surface area contributed by atoms with Gasteiger partial charge in [0, 0.05) is 17.5 Å². The number of nitrogens with one attached hydrogen (secondary N) is 1. The number of thiophene rings is 1. The molecule has 0 saturated heterocycles. The highest BCUT2D eigenvalue weighted by atomic mass is 79.9. The van der Waals surface area contributed by atoms with Crippen LogP contribution in [0.2, 0.25) is 0 Å². The summed E-state index contributed by atoms with van der Waals surface area (Å²) in [5, 5.41) is 14.1. The Balaban J connectivity index is 1.96. The van der Waals surface area contributed by atoms with Gasteiger partial charge in [-0.05, 0) is 28.1 Å². The molecule has 100 valence electrons. The Kier molecular flexibility index (Phi) is 4.68. The van der Waals surface area contributed by atoms with Crippen molar-refractivity contribution in [1.82, 2.24) is 5.32 Å². The van der Waals surface area contributed by atoms with Crippen molar-refractivity contribution >= 4 is 33.2 Å². The van der Waals surface area contributed by atoms with Gasteiger partial charge in [-0.25, -0.2) is 4.39 Å². The van der Waals surface area contributed by atoms with Crippen LogP contribution in [-0.2, 0) is 0 Å². The number of amides is 1. The molecule has 2 aromatic rings. The highest BCUT2D eigenvalue weighted by molar-refractivity contribution is 9.11. The maximum atomic E-state index is 13.4. The maximum Gasteiger partial charge on any atom is 0.252 e.